The predicted molar refractivity (Wildman–Crippen MR) is 127 cm³/mol. The summed E-state index contributed by atoms with van der Waals surface area (Å²) in [7, 11) is 0. The van der Waals surface area contributed by atoms with Crippen LogP contribution in [0.4, 0.5) is 15.8 Å². The molecule has 2 aromatic rings. The van der Waals surface area contributed by atoms with Crippen molar-refractivity contribution in [1.29, 1.82) is 0 Å². The van der Waals surface area contributed by atoms with Gasteiger partial charge in [-0.05, 0) is 75.1 Å². The molecule has 2 aromatic carbocycles. The summed E-state index contributed by atoms with van der Waals surface area (Å²) in [6.07, 6.45) is 3.66. The number of imide groups is 1. The number of halogens is 1. The second-order valence-electron chi connectivity index (χ2n) is 8.66. The summed E-state index contributed by atoms with van der Waals surface area (Å²) in [5, 5.41) is 3.16. The smallest absolute Gasteiger partial charge is 0.278 e. The van der Waals surface area contributed by atoms with Crippen molar-refractivity contribution in [2.45, 2.75) is 39.2 Å². The molecule has 1 saturated heterocycles. The maximum atomic E-state index is 13.5. The van der Waals surface area contributed by atoms with Crippen LogP contribution in [-0.4, -0.2) is 49.1 Å². The SMILES string of the molecule is CC(C)OCCN1C(=O)C(Nc2ccc(N3CCCCC3)cc2)=C(c2ccc(F)cc2)C1=O. The molecule has 0 saturated carbocycles. The van der Waals surface area contributed by atoms with E-state index in [0.717, 1.165) is 18.8 Å². The molecule has 1 N–H and O–H groups in total. The monoisotopic (exact) mass is 451 g/mol. The van der Waals surface area contributed by atoms with Crippen LogP contribution in [0.2, 0.25) is 0 Å². The van der Waals surface area contributed by atoms with E-state index in [4.69, 9.17) is 4.74 Å². The van der Waals surface area contributed by atoms with Gasteiger partial charge in [-0.15, -0.1) is 0 Å². The van der Waals surface area contributed by atoms with Crippen molar-refractivity contribution in [3.05, 3.63) is 65.6 Å². The maximum absolute atomic E-state index is 13.5. The molecule has 0 unspecified atom stereocenters. The average molecular weight is 452 g/mol. The van der Waals surface area contributed by atoms with E-state index in [1.165, 1.54) is 48.4 Å². The van der Waals surface area contributed by atoms with E-state index < -0.39 is 17.6 Å². The highest BCUT2D eigenvalue weighted by molar-refractivity contribution is 6.36. The number of hydrogen-bond donors (Lipinski definition) is 1. The lowest BCUT2D eigenvalue weighted by molar-refractivity contribution is -0.137. The van der Waals surface area contributed by atoms with Crippen LogP contribution in [-0.2, 0) is 14.3 Å². The summed E-state index contributed by atoms with van der Waals surface area (Å²) >= 11 is 0. The number of hydrogen-bond acceptors (Lipinski definition) is 5. The highest BCUT2D eigenvalue weighted by Gasteiger charge is 2.39. The van der Waals surface area contributed by atoms with Gasteiger partial charge in [-0.2, -0.15) is 0 Å². The summed E-state index contributed by atoms with van der Waals surface area (Å²) < 4.78 is 19.0. The van der Waals surface area contributed by atoms with Crippen molar-refractivity contribution in [1.82, 2.24) is 4.90 Å². The van der Waals surface area contributed by atoms with Crippen LogP contribution in [0.3, 0.4) is 0 Å². The molecular formula is C26H30FN3O3. The molecule has 174 valence electrons. The molecule has 2 aliphatic heterocycles. The minimum Gasteiger partial charge on any atom is -0.377 e. The van der Waals surface area contributed by atoms with Crippen LogP contribution in [0.5, 0.6) is 0 Å². The number of anilines is 2. The Morgan fingerprint density at radius 2 is 1.61 bits per heavy atom. The van der Waals surface area contributed by atoms with E-state index in [2.05, 4.69) is 10.2 Å². The molecule has 0 radical (unpaired) electrons. The number of piperidine rings is 1. The lowest BCUT2D eigenvalue weighted by Crippen LogP contribution is -2.35. The van der Waals surface area contributed by atoms with Crippen molar-refractivity contribution in [3.63, 3.8) is 0 Å². The number of amides is 2. The Bertz CT molecular complexity index is 1030. The zero-order valence-corrected chi connectivity index (χ0v) is 19.1. The second-order valence-corrected chi connectivity index (χ2v) is 8.66. The van der Waals surface area contributed by atoms with Gasteiger partial charge < -0.3 is 15.0 Å². The van der Waals surface area contributed by atoms with Gasteiger partial charge in [-0.3, -0.25) is 14.5 Å². The molecule has 33 heavy (non-hydrogen) atoms. The van der Waals surface area contributed by atoms with Gasteiger partial charge in [0.25, 0.3) is 11.8 Å². The van der Waals surface area contributed by atoms with Crippen molar-refractivity contribution < 1.29 is 18.7 Å². The fraction of sp³-hybridized carbons (Fsp3) is 0.385. The summed E-state index contributed by atoms with van der Waals surface area (Å²) in [6.45, 7) is 6.30. The van der Waals surface area contributed by atoms with Gasteiger partial charge in [-0.25, -0.2) is 4.39 Å². The first-order valence-electron chi connectivity index (χ1n) is 11.5. The van der Waals surface area contributed by atoms with E-state index in [-0.39, 0.29) is 30.5 Å². The normalized spacial score (nSPS) is 16.8. The van der Waals surface area contributed by atoms with Crippen LogP contribution < -0.4 is 10.2 Å². The molecule has 6 nitrogen and oxygen atoms in total. The number of carbonyl (C=O) groups excluding carboxylic acids is 2. The average Bonchev–Trinajstić information content (AvgIpc) is 3.05. The molecule has 0 aromatic heterocycles. The van der Waals surface area contributed by atoms with Gasteiger partial charge >= 0.3 is 0 Å². The predicted octanol–water partition coefficient (Wildman–Crippen LogP) is 4.43. The van der Waals surface area contributed by atoms with Gasteiger partial charge in [0.2, 0.25) is 0 Å². The van der Waals surface area contributed by atoms with Crippen LogP contribution in [0.1, 0.15) is 38.7 Å². The lowest BCUT2D eigenvalue weighted by atomic mass is 10.0. The Kier molecular flexibility index (Phi) is 7.08. The lowest BCUT2D eigenvalue weighted by Gasteiger charge is -2.28. The molecule has 0 atom stereocenters. The van der Waals surface area contributed by atoms with E-state index in [1.54, 1.807) is 0 Å². The molecule has 0 spiro atoms. The topological polar surface area (TPSA) is 61.9 Å². The Labute approximate surface area is 194 Å². The van der Waals surface area contributed by atoms with Crippen LogP contribution in [0.25, 0.3) is 5.57 Å². The second kappa shape index (κ2) is 10.2. The van der Waals surface area contributed by atoms with E-state index >= 15 is 0 Å². The molecule has 2 aliphatic rings. The van der Waals surface area contributed by atoms with Crippen LogP contribution in [0, 0.1) is 5.82 Å². The van der Waals surface area contributed by atoms with Crippen molar-refractivity contribution in [3.8, 4) is 0 Å². The zero-order chi connectivity index (χ0) is 23.4. The third-order valence-electron chi connectivity index (χ3n) is 5.92. The Balaban J connectivity index is 1.59. The van der Waals surface area contributed by atoms with Crippen molar-refractivity contribution in [2.75, 3.05) is 36.5 Å². The number of nitrogens with zero attached hydrogens (tertiary/aromatic N) is 2. The quantitative estimate of drug-likeness (QED) is 0.602. The van der Waals surface area contributed by atoms with E-state index in [1.807, 2.05) is 38.1 Å². The third kappa shape index (κ3) is 5.25. The molecule has 0 bridgehead atoms. The third-order valence-corrected chi connectivity index (χ3v) is 5.92. The highest BCUT2D eigenvalue weighted by Crippen LogP contribution is 2.31. The molecule has 0 aliphatic carbocycles. The van der Waals surface area contributed by atoms with Gasteiger partial charge in [0, 0.05) is 24.5 Å². The minimum absolute atomic E-state index is 0.00153. The standard InChI is InChI=1S/C26H30FN3O3/c1-18(2)33-17-16-30-25(31)23(19-6-8-20(27)9-7-19)24(26(30)32)28-21-10-12-22(13-11-21)29-14-4-3-5-15-29/h6-13,18,28H,3-5,14-17H2,1-2H3. The minimum atomic E-state index is -0.411. The number of benzene rings is 2. The Morgan fingerprint density at radius 3 is 2.24 bits per heavy atom. The first-order valence-corrected chi connectivity index (χ1v) is 11.5. The summed E-state index contributed by atoms with van der Waals surface area (Å²) in [4.78, 5) is 29.9. The molecule has 4 rings (SSSR count). The highest BCUT2D eigenvalue weighted by atomic mass is 19.1. The number of nitrogens with one attached hydrogen (secondary N) is 1. The maximum Gasteiger partial charge on any atom is 0.278 e. The van der Waals surface area contributed by atoms with E-state index in [9.17, 15) is 14.0 Å². The molecule has 1 fully saturated rings. The van der Waals surface area contributed by atoms with Crippen molar-refractivity contribution in [2.24, 2.45) is 0 Å². The van der Waals surface area contributed by atoms with Crippen LogP contribution >= 0.6 is 0 Å². The zero-order valence-electron chi connectivity index (χ0n) is 19.1. The van der Waals surface area contributed by atoms with E-state index in [0.29, 0.717) is 11.3 Å². The summed E-state index contributed by atoms with van der Waals surface area (Å²) in [5.74, 6) is -1.22. The molecule has 7 heteroatoms. The van der Waals surface area contributed by atoms with Crippen LogP contribution in [0.15, 0.2) is 54.2 Å². The van der Waals surface area contributed by atoms with Gasteiger partial charge in [0.1, 0.15) is 11.5 Å². The number of carbonyl (C=O) groups is 2. The fourth-order valence-electron chi connectivity index (χ4n) is 4.21. The van der Waals surface area contributed by atoms with Gasteiger partial charge in [-0.1, -0.05) is 12.1 Å². The largest absolute Gasteiger partial charge is 0.377 e. The summed E-state index contributed by atoms with van der Waals surface area (Å²) in [6, 6.07) is 13.5. The van der Waals surface area contributed by atoms with Crippen molar-refractivity contribution >= 4 is 28.8 Å². The summed E-state index contributed by atoms with van der Waals surface area (Å²) in [5.41, 5.74) is 2.79. The number of rotatable bonds is 8. The fourth-order valence-corrected chi connectivity index (χ4v) is 4.21. The first-order chi connectivity index (χ1) is 15.9. The van der Waals surface area contributed by atoms with Gasteiger partial charge in [0.15, 0.2) is 0 Å². The number of ether oxygens (including phenoxy) is 1. The Hall–Kier alpha value is -3.19. The first kappa shape index (κ1) is 23.0. The van der Waals surface area contributed by atoms with Gasteiger partial charge in [0.05, 0.1) is 24.8 Å². The molecule has 2 heterocycles. The molecule has 2 amide bonds. The molecular weight excluding hydrogens is 421 g/mol. The Morgan fingerprint density at radius 1 is 0.939 bits per heavy atom.